The van der Waals surface area contributed by atoms with Crippen LogP contribution in [0.5, 0.6) is 0 Å². The molecule has 0 spiro atoms. The van der Waals surface area contributed by atoms with Gasteiger partial charge in [0.05, 0.1) is 11.4 Å². The van der Waals surface area contributed by atoms with Gasteiger partial charge in [0.15, 0.2) is 5.78 Å². The van der Waals surface area contributed by atoms with Gasteiger partial charge in [0, 0.05) is 22.8 Å². The molecule has 0 aliphatic carbocycles. The fourth-order valence-electron chi connectivity index (χ4n) is 3.90. The van der Waals surface area contributed by atoms with Gasteiger partial charge >= 0.3 is 0 Å². The number of halogens is 1. The van der Waals surface area contributed by atoms with E-state index in [1.807, 2.05) is 19.1 Å². The lowest BCUT2D eigenvalue weighted by atomic mass is 10.1. The van der Waals surface area contributed by atoms with Gasteiger partial charge in [-0.1, -0.05) is 53.6 Å². The number of Topliss-reactive ketones (excluding diaryl/α,β-unsaturated/α-hetero) is 1. The Morgan fingerprint density at radius 1 is 0.941 bits per heavy atom. The van der Waals surface area contributed by atoms with Crippen molar-refractivity contribution in [3.8, 4) is 0 Å². The maximum atomic E-state index is 13.8. The third-order valence-corrected chi connectivity index (χ3v) is 7.70. The molecule has 0 heterocycles. The van der Waals surface area contributed by atoms with Crippen LogP contribution in [0.25, 0.3) is 0 Å². The number of ketones is 1. The molecule has 1 N–H and O–H groups in total. The standard InChI is InChI=1S/C26H27ClN2O4S/c1-17-12-18(2)26(19(3)13-17)34(32,33)29(15-21-8-10-23(27)11-9-21)16-25(31)28-24-7-5-6-22(14-24)20(4)30/h5-14H,15-16H2,1-4H3,(H,28,31). The van der Waals surface area contributed by atoms with Gasteiger partial charge in [-0.15, -0.1) is 0 Å². The molecular weight excluding hydrogens is 472 g/mol. The first-order chi connectivity index (χ1) is 16.0. The van der Waals surface area contributed by atoms with Crippen LogP contribution in [-0.2, 0) is 21.4 Å². The summed E-state index contributed by atoms with van der Waals surface area (Å²) in [6.45, 7) is 6.44. The first-order valence-electron chi connectivity index (χ1n) is 10.7. The third-order valence-electron chi connectivity index (χ3n) is 5.35. The number of rotatable bonds is 8. The van der Waals surface area contributed by atoms with Gasteiger partial charge < -0.3 is 5.32 Å². The zero-order chi connectivity index (χ0) is 25.0. The Hall–Kier alpha value is -3.00. The van der Waals surface area contributed by atoms with Crippen molar-refractivity contribution in [2.24, 2.45) is 0 Å². The topological polar surface area (TPSA) is 83.6 Å². The van der Waals surface area contributed by atoms with Crippen LogP contribution < -0.4 is 5.32 Å². The number of sulfonamides is 1. The van der Waals surface area contributed by atoms with Crippen molar-refractivity contribution >= 4 is 39.0 Å². The summed E-state index contributed by atoms with van der Waals surface area (Å²) in [6.07, 6.45) is 0. The monoisotopic (exact) mass is 498 g/mol. The molecule has 34 heavy (non-hydrogen) atoms. The van der Waals surface area contributed by atoms with Crippen molar-refractivity contribution in [1.29, 1.82) is 0 Å². The van der Waals surface area contributed by atoms with E-state index in [0.717, 1.165) is 9.87 Å². The molecule has 8 heteroatoms. The molecule has 0 bridgehead atoms. The predicted octanol–water partition coefficient (Wildman–Crippen LogP) is 5.30. The summed E-state index contributed by atoms with van der Waals surface area (Å²) < 4.78 is 28.7. The van der Waals surface area contributed by atoms with E-state index in [9.17, 15) is 18.0 Å². The summed E-state index contributed by atoms with van der Waals surface area (Å²) in [6, 6.07) is 17.0. The Morgan fingerprint density at radius 3 is 2.15 bits per heavy atom. The minimum atomic E-state index is -4.01. The Morgan fingerprint density at radius 2 is 1.56 bits per heavy atom. The second-order valence-corrected chi connectivity index (χ2v) is 10.6. The second kappa shape index (κ2) is 10.5. The number of nitrogens with zero attached hydrogens (tertiary/aromatic N) is 1. The summed E-state index contributed by atoms with van der Waals surface area (Å²) in [5, 5.41) is 3.24. The van der Waals surface area contributed by atoms with Gasteiger partial charge in [0.1, 0.15) is 0 Å². The van der Waals surface area contributed by atoms with Crippen LogP contribution in [0.1, 0.15) is 39.5 Å². The molecule has 0 aliphatic heterocycles. The number of nitrogens with one attached hydrogen (secondary N) is 1. The zero-order valence-corrected chi connectivity index (χ0v) is 21.1. The molecule has 0 saturated heterocycles. The Labute approximate surface area is 205 Å². The number of carbonyl (C=O) groups is 2. The summed E-state index contributed by atoms with van der Waals surface area (Å²) in [4.78, 5) is 24.8. The molecule has 0 aromatic heterocycles. The normalized spacial score (nSPS) is 11.5. The van der Waals surface area contributed by atoms with E-state index in [0.29, 0.717) is 33.0 Å². The van der Waals surface area contributed by atoms with Crippen molar-refractivity contribution in [3.05, 3.63) is 93.5 Å². The Balaban J connectivity index is 1.95. The lowest BCUT2D eigenvalue weighted by Gasteiger charge is -2.24. The Kier molecular flexibility index (Phi) is 7.92. The number of benzene rings is 3. The first-order valence-corrected chi connectivity index (χ1v) is 12.5. The van der Waals surface area contributed by atoms with E-state index in [2.05, 4.69) is 5.32 Å². The average Bonchev–Trinajstić information content (AvgIpc) is 2.74. The van der Waals surface area contributed by atoms with Gasteiger partial charge in [-0.25, -0.2) is 8.42 Å². The number of hydrogen-bond donors (Lipinski definition) is 1. The van der Waals surface area contributed by atoms with Gasteiger partial charge in [-0.05, 0) is 68.7 Å². The summed E-state index contributed by atoms with van der Waals surface area (Å²) in [5.74, 6) is -0.644. The predicted molar refractivity (Wildman–Crippen MR) is 135 cm³/mol. The average molecular weight is 499 g/mol. The van der Waals surface area contributed by atoms with Crippen LogP contribution in [0, 0.1) is 20.8 Å². The van der Waals surface area contributed by atoms with Crippen LogP contribution >= 0.6 is 11.6 Å². The van der Waals surface area contributed by atoms with E-state index in [-0.39, 0.29) is 17.2 Å². The Bertz CT molecular complexity index is 1310. The fourth-order valence-corrected chi connectivity index (χ4v) is 5.82. The molecule has 3 aromatic rings. The molecule has 0 aliphatic rings. The minimum Gasteiger partial charge on any atom is -0.325 e. The fraction of sp³-hybridized carbons (Fsp3) is 0.231. The molecule has 0 unspecified atom stereocenters. The van der Waals surface area contributed by atoms with E-state index in [1.54, 1.807) is 62.4 Å². The van der Waals surface area contributed by atoms with Crippen LogP contribution in [0.15, 0.2) is 65.6 Å². The maximum absolute atomic E-state index is 13.8. The highest BCUT2D eigenvalue weighted by molar-refractivity contribution is 7.89. The number of aryl methyl sites for hydroxylation is 3. The molecular formula is C26H27ClN2O4S. The molecule has 0 saturated carbocycles. The molecule has 1 amide bonds. The SMILES string of the molecule is CC(=O)c1cccc(NC(=O)CN(Cc2ccc(Cl)cc2)S(=O)(=O)c2c(C)cc(C)cc2C)c1. The number of hydrogen-bond acceptors (Lipinski definition) is 4. The van der Waals surface area contributed by atoms with E-state index < -0.39 is 22.5 Å². The molecule has 0 fully saturated rings. The van der Waals surface area contributed by atoms with Gasteiger partial charge in [-0.2, -0.15) is 4.31 Å². The van der Waals surface area contributed by atoms with Gasteiger partial charge in [0.2, 0.25) is 15.9 Å². The third kappa shape index (κ3) is 6.11. The highest BCUT2D eigenvalue weighted by Crippen LogP contribution is 2.27. The van der Waals surface area contributed by atoms with Crippen LogP contribution in [-0.4, -0.2) is 31.0 Å². The maximum Gasteiger partial charge on any atom is 0.244 e. The summed E-state index contributed by atoms with van der Waals surface area (Å²) >= 11 is 5.98. The molecule has 6 nitrogen and oxygen atoms in total. The molecule has 3 aromatic carbocycles. The van der Waals surface area contributed by atoms with Crippen molar-refractivity contribution < 1.29 is 18.0 Å². The second-order valence-electron chi connectivity index (χ2n) is 8.31. The highest BCUT2D eigenvalue weighted by Gasteiger charge is 2.30. The summed E-state index contributed by atoms with van der Waals surface area (Å²) in [7, 11) is -4.01. The van der Waals surface area contributed by atoms with Crippen LogP contribution in [0.2, 0.25) is 5.02 Å². The minimum absolute atomic E-state index is 0.00678. The van der Waals surface area contributed by atoms with Crippen LogP contribution in [0.3, 0.4) is 0 Å². The zero-order valence-electron chi connectivity index (χ0n) is 19.6. The van der Waals surface area contributed by atoms with Gasteiger partial charge in [0.25, 0.3) is 0 Å². The smallest absolute Gasteiger partial charge is 0.244 e. The van der Waals surface area contributed by atoms with Gasteiger partial charge in [-0.3, -0.25) is 9.59 Å². The van der Waals surface area contributed by atoms with E-state index in [4.69, 9.17) is 11.6 Å². The number of amides is 1. The van der Waals surface area contributed by atoms with Crippen molar-refractivity contribution in [2.75, 3.05) is 11.9 Å². The lowest BCUT2D eigenvalue weighted by Crippen LogP contribution is -2.38. The largest absolute Gasteiger partial charge is 0.325 e. The summed E-state index contributed by atoms with van der Waals surface area (Å²) in [5.41, 5.74) is 3.77. The van der Waals surface area contributed by atoms with Crippen LogP contribution in [0.4, 0.5) is 5.69 Å². The van der Waals surface area contributed by atoms with Crippen molar-refractivity contribution in [1.82, 2.24) is 4.31 Å². The molecule has 0 radical (unpaired) electrons. The molecule has 3 rings (SSSR count). The van der Waals surface area contributed by atoms with Crippen molar-refractivity contribution in [2.45, 2.75) is 39.1 Å². The lowest BCUT2D eigenvalue weighted by molar-refractivity contribution is -0.116. The quantitative estimate of drug-likeness (QED) is 0.427. The van der Waals surface area contributed by atoms with E-state index in [1.165, 1.54) is 6.92 Å². The first kappa shape index (κ1) is 25.6. The number of carbonyl (C=O) groups excluding carboxylic acids is 2. The van der Waals surface area contributed by atoms with Crippen molar-refractivity contribution in [3.63, 3.8) is 0 Å². The molecule has 178 valence electrons. The number of anilines is 1. The molecule has 0 atom stereocenters. The highest BCUT2D eigenvalue weighted by atomic mass is 35.5. The van der Waals surface area contributed by atoms with E-state index >= 15 is 0 Å².